The van der Waals surface area contributed by atoms with Gasteiger partial charge in [0.25, 0.3) is 0 Å². The van der Waals surface area contributed by atoms with E-state index in [1.165, 1.54) is 18.3 Å². The molecule has 0 aliphatic heterocycles. The van der Waals surface area contributed by atoms with E-state index in [9.17, 15) is 9.59 Å². The third-order valence-electron chi connectivity index (χ3n) is 3.65. The van der Waals surface area contributed by atoms with Gasteiger partial charge in [-0.25, -0.2) is 9.59 Å². The number of amides is 1. The van der Waals surface area contributed by atoms with Gasteiger partial charge in [-0.2, -0.15) is 0 Å². The summed E-state index contributed by atoms with van der Waals surface area (Å²) in [6.45, 7) is 0.191. The Morgan fingerprint density at radius 2 is 1.73 bits per heavy atom. The van der Waals surface area contributed by atoms with Crippen LogP contribution in [0.25, 0.3) is 11.3 Å². The van der Waals surface area contributed by atoms with Crippen molar-refractivity contribution < 1.29 is 19.4 Å². The second kappa shape index (κ2) is 7.94. The number of nitrogens with one attached hydrogen (secondary N) is 1. The number of hydrogen-bond acceptors (Lipinski definition) is 4. The van der Waals surface area contributed by atoms with E-state index in [2.05, 4.69) is 10.3 Å². The van der Waals surface area contributed by atoms with Gasteiger partial charge in [-0.15, -0.1) is 0 Å². The van der Waals surface area contributed by atoms with Gasteiger partial charge in [-0.1, -0.05) is 42.5 Å². The Balaban J connectivity index is 1.61. The number of rotatable bonds is 5. The van der Waals surface area contributed by atoms with Crippen LogP contribution in [0, 0.1) is 0 Å². The fraction of sp³-hybridized carbons (Fsp3) is 0.0500. The van der Waals surface area contributed by atoms with Crippen LogP contribution in [0.15, 0.2) is 72.9 Å². The molecule has 0 unspecified atom stereocenters. The molecule has 6 nitrogen and oxygen atoms in total. The zero-order valence-corrected chi connectivity index (χ0v) is 13.8. The van der Waals surface area contributed by atoms with Crippen LogP contribution in [0.3, 0.4) is 0 Å². The predicted molar refractivity (Wildman–Crippen MR) is 96.9 cm³/mol. The van der Waals surface area contributed by atoms with Crippen molar-refractivity contribution in [1.29, 1.82) is 0 Å². The van der Waals surface area contributed by atoms with Gasteiger partial charge in [-0.05, 0) is 29.8 Å². The Kier molecular flexibility index (Phi) is 5.24. The highest BCUT2D eigenvalue weighted by molar-refractivity contribution is 5.89. The summed E-state index contributed by atoms with van der Waals surface area (Å²) in [5.41, 5.74) is 2.93. The van der Waals surface area contributed by atoms with E-state index in [0.29, 0.717) is 11.4 Å². The van der Waals surface area contributed by atoms with Gasteiger partial charge in [0, 0.05) is 17.4 Å². The number of benzene rings is 2. The summed E-state index contributed by atoms with van der Waals surface area (Å²) >= 11 is 0. The Hall–Kier alpha value is -3.67. The van der Waals surface area contributed by atoms with Crippen molar-refractivity contribution in [2.24, 2.45) is 0 Å². The fourth-order valence-electron chi connectivity index (χ4n) is 2.32. The van der Waals surface area contributed by atoms with Crippen molar-refractivity contribution in [2.45, 2.75) is 6.61 Å². The zero-order chi connectivity index (χ0) is 18.4. The minimum Gasteiger partial charge on any atom is -0.478 e. The standard InChI is InChI=1S/C20H16N2O4/c23-19(24)16-10-11-21-18(12-16)15-6-8-17(9-7-15)22-20(25)26-13-14-4-2-1-3-5-14/h1-12H,13H2,(H,22,25)(H,23,24). The van der Waals surface area contributed by atoms with Crippen LogP contribution in [0.5, 0.6) is 0 Å². The van der Waals surface area contributed by atoms with E-state index in [4.69, 9.17) is 9.84 Å². The SMILES string of the molecule is O=C(Nc1ccc(-c2cc(C(=O)O)ccn2)cc1)OCc1ccccc1. The lowest BCUT2D eigenvalue weighted by Crippen LogP contribution is -2.13. The lowest BCUT2D eigenvalue weighted by Gasteiger charge is -2.08. The molecule has 0 fully saturated rings. The lowest BCUT2D eigenvalue weighted by atomic mass is 10.1. The van der Waals surface area contributed by atoms with E-state index in [0.717, 1.165) is 11.1 Å². The van der Waals surface area contributed by atoms with E-state index >= 15 is 0 Å². The molecule has 0 radical (unpaired) electrons. The van der Waals surface area contributed by atoms with Crippen LogP contribution in [0.2, 0.25) is 0 Å². The molecule has 0 aliphatic carbocycles. The first-order valence-corrected chi connectivity index (χ1v) is 7.89. The summed E-state index contributed by atoms with van der Waals surface area (Å²) in [7, 11) is 0. The molecule has 0 saturated heterocycles. The van der Waals surface area contributed by atoms with Gasteiger partial charge in [0.2, 0.25) is 0 Å². The number of aromatic nitrogens is 1. The van der Waals surface area contributed by atoms with Crippen LogP contribution < -0.4 is 5.32 Å². The molecule has 6 heteroatoms. The van der Waals surface area contributed by atoms with E-state index in [1.54, 1.807) is 24.3 Å². The van der Waals surface area contributed by atoms with Crippen LogP contribution in [0.4, 0.5) is 10.5 Å². The molecule has 1 aromatic heterocycles. The quantitative estimate of drug-likeness (QED) is 0.721. The number of anilines is 1. The highest BCUT2D eigenvalue weighted by atomic mass is 16.5. The largest absolute Gasteiger partial charge is 0.478 e. The molecule has 2 N–H and O–H groups in total. The van der Waals surface area contributed by atoms with Gasteiger partial charge < -0.3 is 9.84 Å². The van der Waals surface area contributed by atoms with Crippen LogP contribution >= 0.6 is 0 Å². The van der Waals surface area contributed by atoms with Gasteiger partial charge in [0.1, 0.15) is 6.61 Å². The molecule has 1 heterocycles. The number of carboxylic acid groups (broad SMARTS) is 1. The van der Waals surface area contributed by atoms with E-state index < -0.39 is 12.1 Å². The first-order chi connectivity index (χ1) is 12.6. The predicted octanol–water partition coefficient (Wildman–Crippen LogP) is 4.20. The second-order valence-electron chi connectivity index (χ2n) is 5.50. The molecule has 0 spiro atoms. The Bertz CT molecular complexity index is 909. The molecular weight excluding hydrogens is 332 g/mol. The number of pyridine rings is 1. The Morgan fingerprint density at radius 1 is 1.00 bits per heavy atom. The number of ether oxygens (including phenoxy) is 1. The smallest absolute Gasteiger partial charge is 0.411 e. The molecule has 2 aromatic carbocycles. The van der Waals surface area contributed by atoms with Crippen LogP contribution in [-0.4, -0.2) is 22.2 Å². The van der Waals surface area contributed by atoms with Crippen LogP contribution in [0.1, 0.15) is 15.9 Å². The number of nitrogens with zero attached hydrogens (tertiary/aromatic N) is 1. The maximum absolute atomic E-state index is 11.8. The van der Waals surface area contributed by atoms with Crippen molar-refractivity contribution >= 4 is 17.7 Å². The molecule has 3 aromatic rings. The molecule has 0 aliphatic rings. The molecule has 26 heavy (non-hydrogen) atoms. The maximum Gasteiger partial charge on any atom is 0.411 e. The normalized spacial score (nSPS) is 10.2. The zero-order valence-electron chi connectivity index (χ0n) is 13.8. The van der Waals surface area contributed by atoms with Gasteiger partial charge in [-0.3, -0.25) is 10.3 Å². The maximum atomic E-state index is 11.8. The minimum atomic E-state index is -1.01. The monoisotopic (exact) mass is 348 g/mol. The van der Waals surface area contributed by atoms with E-state index in [1.807, 2.05) is 30.3 Å². The first kappa shape index (κ1) is 17.2. The lowest BCUT2D eigenvalue weighted by molar-refractivity contribution is 0.0696. The molecule has 0 bridgehead atoms. The molecule has 0 atom stereocenters. The highest BCUT2D eigenvalue weighted by Gasteiger charge is 2.07. The number of carboxylic acids is 1. The average molecular weight is 348 g/mol. The highest BCUT2D eigenvalue weighted by Crippen LogP contribution is 2.20. The molecule has 1 amide bonds. The third-order valence-corrected chi connectivity index (χ3v) is 3.65. The van der Waals surface area contributed by atoms with Crippen molar-refractivity contribution in [3.8, 4) is 11.3 Å². The summed E-state index contributed by atoms with van der Waals surface area (Å²) in [4.78, 5) is 27.1. The van der Waals surface area contributed by atoms with Crippen molar-refractivity contribution in [3.05, 3.63) is 84.1 Å². The Labute approximate surface area is 150 Å². The number of aromatic carboxylic acids is 1. The summed E-state index contributed by atoms with van der Waals surface area (Å²) in [6.07, 6.45) is 0.902. The second-order valence-corrected chi connectivity index (χ2v) is 5.50. The molecular formula is C20H16N2O4. The molecule has 130 valence electrons. The summed E-state index contributed by atoms with van der Waals surface area (Å²) in [5.74, 6) is -1.01. The third kappa shape index (κ3) is 4.45. The van der Waals surface area contributed by atoms with Crippen molar-refractivity contribution in [3.63, 3.8) is 0 Å². The number of carbonyl (C=O) groups excluding carboxylic acids is 1. The van der Waals surface area contributed by atoms with E-state index in [-0.39, 0.29) is 12.2 Å². The number of hydrogen-bond donors (Lipinski definition) is 2. The van der Waals surface area contributed by atoms with Gasteiger partial charge in [0.05, 0.1) is 11.3 Å². The molecule has 0 saturated carbocycles. The fourth-order valence-corrected chi connectivity index (χ4v) is 2.32. The van der Waals surface area contributed by atoms with Crippen molar-refractivity contribution in [2.75, 3.05) is 5.32 Å². The summed E-state index contributed by atoms with van der Waals surface area (Å²) < 4.78 is 5.16. The van der Waals surface area contributed by atoms with Crippen molar-refractivity contribution in [1.82, 2.24) is 4.98 Å². The summed E-state index contributed by atoms with van der Waals surface area (Å²) in [5, 5.41) is 11.7. The van der Waals surface area contributed by atoms with Crippen LogP contribution in [-0.2, 0) is 11.3 Å². The first-order valence-electron chi connectivity index (χ1n) is 7.89. The molecule has 3 rings (SSSR count). The van der Waals surface area contributed by atoms with Gasteiger partial charge >= 0.3 is 12.1 Å². The average Bonchev–Trinajstić information content (AvgIpc) is 2.68. The van der Waals surface area contributed by atoms with Gasteiger partial charge in [0.15, 0.2) is 0 Å². The summed E-state index contributed by atoms with van der Waals surface area (Å²) in [6, 6.07) is 19.2. The number of carbonyl (C=O) groups is 2. The minimum absolute atomic E-state index is 0.168. The topological polar surface area (TPSA) is 88.5 Å². The Morgan fingerprint density at radius 3 is 2.42 bits per heavy atom.